The summed E-state index contributed by atoms with van der Waals surface area (Å²) in [5.74, 6) is -3.18. The summed E-state index contributed by atoms with van der Waals surface area (Å²) in [6, 6.07) is 6.00. The van der Waals surface area contributed by atoms with Crippen LogP contribution < -0.4 is 15.2 Å². The van der Waals surface area contributed by atoms with Crippen molar-refractivity contribution in [2.75, 3.05) is 13.2 Å². The van der Waals surface area contributed by atoms with Crippen LogP contribution in [0.5, 0.6) is 11.5 Å². The summed E-state index contributed by atoms with van der Waals surface area (Å²) in [6.07, 6.45) is 0. The molecule has 0 spiro atoms. The van der Waals surface area contributed by atoms with E-state index in [0.717, 1.165) is 12.1 Å². The average Bonchev–Trinajstić information content (AvgIpc) is 2.51. The highest BCUT2D eigenvalue weighted by atomic mass is 19.2. The number of fused-ring (bicyclic) bond motifs is 1. The Morgan fingerprint density at radius 3 is 2.48 bits per heavy atom. The molecule has 110 valence electrons. The maximum atomic E-state index is 13.9. The summed E-state index contributed by atoms with van der Waals surface area (Å²) in [5.41, 5.74) is 6.31. The second-order valence-electron chi connectivity index (χ2n) is 4.61. The second-order valence-corrected chi connectivity index (χ2v) is 4.61. The summed E-state index contributed by atoms with van der Waals surface area (Å²) in [7, 11) is 0. The van der Waals surface area contributed by atoms with Crippen molar-refractivity contribution in [3.63, 3.8) is 0 Å². The molecule has 0 fully saturated rings. The molecule has 1 heterocycles. The molecule has 0 saturated carbocycles. The molecule has 0 saturated heterocycles. The van der Waals surface area contributed by atoms with E-state index in [1.165, 1.54) is 0 Å². The van der Waals surface area contributed by atoms with Gasteiger partial charge in [0.15, 0.2) is 29.0 Å². The number of nitrogens with two attached hydrogens (primary N) is 1. The first-order chi connectivity index (χ1) is 10.1. The van der Waals surface area contributed by atoms with Gasteiger partial charge in [0.25, 0.3) is 0 Å². The van der Waals surface area contributed by atoms with Crippen LogP contribution in [0.1, 0.15) is 17.2 Å². The van der Waals surface area contributed by atoms with Crippen molar-refractivity contribution in [1.82, 2.24) is 0 Å². The lowest BCUT2D eigenvalue weighted by Crippen LogP contribution is -2.21. The maximum absolute atomic E-state index is 13.9. The van der Waals surface area contributed by atoms with Crippen molar-refractivity contribution in [1.29, 1.82) is 0 Å². The van der Waals surface area contributed by atoms with Gasteiger partial charge in [0.1, 0.15) is 13.2 Å². The average molecular weight is 295 g/mol. The van der Waals surface area contributed by atoms with Crippen molar-refractivity contribution in [2.24, 2.45) is 5.73 Å². The molecule has 2 aromatic rings. The van der Waals surface area contributed by atoms with Crippen LogP contribution in [0.25, 0.3) is 0 Å². The topological polar surface area (TPSA) is 44.5 Å². The quantitative estimate of drug-likeness (QED) is 0.866. The van der Waals surface area contributed by atoms with E-state index in [2.05, 4.69) is 0 Å². The summed E-state index contributed by atoms with van der Waals surface area (Å²) in [6.45, 7) is 0.752. The third-order valence-electron chi connectivity index (χ3n) is 3.33. The molecule has 3 nitrogen and oxygen atoms in total. The van der Waals surface area contributed by atoms with Crippen LogP contribution in [0.15, 0.2) is 30.3 Å². The Morgan fingerprint density at radius 2 is 1.67 bits per heavy atom. The highest BCUT2D eigenvalue weighted by Crippen LogP contribution is 2.38. The predicted molar refractivity (Wildman–Crippen MR) is 69.8 cm³/mol. The highest BCUT2D eigenvalue weighted by molar-refractivity contribution is 5.51. The van der Waals surface area contributed by atoms with Crippen molar-refractivity contribution < 1.29 is 22.6 Å². The molecule has 2 N–H and O–H groups in total. The van der Waals surface area contributed by atoms with E-state index in [4.69, 9.17) is 15.2 Å². The molecule has 21 heavy (non-hydrogen) atoms. The van der Waals surface area contributed by atoms with E-state index < -0.39 is 23.5 Å². The van der Waals surface area contributed by atoms with Crippen LogP contribution in [-0.4, -0.2) is 13.2 Å². The van der Waals surface area contributed by atoms with E-state index in [0.29, 0.717) is 30.3 Å². The molecule has 1 aliphatic heterocycles. The van der Waals surface area contributed by atoms with Gasteiger partial charge < -0.3 is 15.2 Å². The molecule has 3 rings (SSSR count). The van der Waals surface area contributed by atoms with Gasteiger partial charge in [0, 0.05) is 11.1 Å². The van der Waals surface area contributed by atoms with Gasteiger partial charge in [-0.15, -0.1) is 0 Å². The number of hydrogen-bond donors (Lipinski definition) is 1. The van der Waals surface area contributed by atoms with Gasteiger partial charge >= 0.3 is 0 Å². The van der Waals surface area contributed by atoms with Crippen LogP contribution in [0.3, 0.4) is 0 Å². The molecular weight excluding hydrogens is 283 g/mol. The molecule has 0 bridgehead atoms. The number of benzene rings is 2. The smallest absolute Gasteiger partial charge is 0.194 e. The van der Waals surface area contributed by atoms with Crippen LogP contribution in [0.2, 0.25) is 0 Å². The van der Waals surface area contributed by atoms with E-state index in [-0.39, 0.29) is 5.56 Å². The predicted octanol–water partition coefficient (Wildman–Crippen LogP) is 2.92. The zero-order valence-corrected chi connectivity index (χ0v) is 10.9. The van der Waals surface area contributed by atoms with Crippen LogP contribution in [0.4, 0.5) is 13.2 Å². The van der Waals surface area contributed by atoms with E-state index in [1.807, 2.05) is 0 Å². The Hall–Kier alpha value is -2.21. The molecule has 0 radical (unpaired) electrons. The number of rotatable bonds is 2. The zero-order valence-electron chi connectivity index (χ0n) is 10.9. The summed E-state index contributed by atoms with van der Waals surface area (Å²) in [4.78, 5) is 0. The first-order valence-corrected chi connectivity index (χ1v) is 6.37. The Kier molecular flexibility index (Phi) is 3.47. The minimum absolute atomic E-state index is 0.142. The molecule has 1 atom stereocenters. The number of para-hydroxylation sites is 1. The van der Waals surface area contributed by atoms with Crippen molar-refractivity contribution in [3.05, 3.63) is 58.9 Å². The molecule has 6 heteroatoms. The lowest BCUT2D eigenvalue weighted by atomic mass is 9.97. The molecule has 1 aliphatic rings. The van der Waals surface area contributed by atoms with E-state index >= 15 is 0 Å². The fourth-order valence-corrected chi connectivity index (χ4v) is 2.29. The lowest BCUT2D eigenvalue weighted by molar-refractivity contribution is 0.169. The summed E-state index contributed by atoms with van der Waals surface area (Å²) < 4.78 is 51.1. The Balaban J connectivity index is 2.07. The fourth-order valence-electron chi connectivity index (χ4n) is 2.29. The lowest BCUT2D eigenvalue weighted by Gasteiger charge is -2.24. The van der Waals surface area contributed by atoms with Crippen LogP contribution in [0, 0.1) is 17.5 Å². The number of ether oxygens (including phenoxy) is 2. The van der Waals surface area contributed by atoms with Crippen LogP contribution >= 0.6 is 0 Å². The normalized spacial score (nSPS) is 14.9. The third kappa shape index (κ3) is 2.31. The minimum atomic E-state index is -1.54. The van der Waals surface area contributed by atoms with Gasteiger partial charge in [-0.05, 0) is 12.1 Å². The SMILES string of the molecule is NC(c1ccc(F)c(F)c1F)c1cccc2c1OCCO2. The summed E-state index contributed by atoms with van der Waals surface area (Å²) >= 11 is 0. The standard InChI is InChI=1S/C15H12F3NO2/c16-10-5-4-8(12(17)13(10)18)14(19)9-2-1-3-11-15(9)21-7-6-20-11/h1-5,14H,6-7,19H2. The summed E-state index contributed by atoms with van der Waals surface area (Å²) in [5, 5.41) is 0. The van der Waals surface area contributed by atoms with E-state index in [1.54, 1.807) is 18.2 Å². The van der Waals surface area contributed by atoms with Gasteiger partial charge in [-0.2, -0.15) is 0 Å². The first kappa shape index (κ1) is 13.8. The van der Waals surface area contributed by atoms with Gasteiger partial charge in [0.05, 0.1) is 6.04 Å². The van der Waals surface area contributed by atoms with Gasteiger partial charge in [-0.1, -0.05) is 18.2 Å². The highest BCUT2D eigenvalue weighted by Gasteiger charge is 2.24. The Bertz CT molecular complexity index is 691. The minimum Gasteiger partial charge on any atom is -0.486 e. The molecule has 0 amide bonds. The monoisotopic (exact) mass is 295 g/mol. The van der Waals surface area contributed by atoms with Gasteiger partial charge in [-0.3, -0.25) is 0 Å². The van der Waals surface area contributed by atoms with Crippen molar-refractivity contribution >= 4 is 0 Å². The molecular formula is C15H12F3NO2. The van der Waals surface area contributed by atoms with Gasteiger partial charge in [-0.25, -0.2) is 13.2 Å². The molecule has 0 aromatic heterocycles. The number of hydrogen-bond acceptors (Lipinski definition) is 3. The zero-order chi connectivity index (χ0) is 15.0. The molecule has 1 unspecified atom stereocenters. The molecule has 0 aliphatic carbocycles. The second kappa shape index (κ2) is 5.29. The van der Waals surface area contributed by atoms with Gasteiger partial charge in [0.2, 0.25) is 0 Å². The van der Waals surface area contributed by atoms with E-state index in [9.17, 15) is 13.2 Å². The Morgan fingerprint density at radius 1 is 0.905 bits per heavy atom. The number of halogens is 3. The Labute approximate surface area is 119 Å². The molecule has 2 aromatic carbocycles. The first-order valence-electron chi connectivity index (χ1n) is 6.37. The maximum Gasteiger partial charge on any atom is 0.194 e. The third-order valence-corrected chi connectivity index (χ3v) is 3.33. The fraction of sp³-hybridized carbons (Fsp3) is 0.200. The van der Waals surface area contributed by atoms with Crippen molar-refractivity contribution in [3.8, 4) is 11.5 Å². The largest absolute Gasteiger partial charge is 0.486 e. The van der Waals surface area contributed by atoms with Crippen LogP contribution in [-0.2, 0) is 0 Å². The van der Waals surface area contributed by atoms with Crippen molar-refractivity contribution in [2.45, 2.75) is 6.04 Å².